The fraction of sp³-hybridized carbons (Fsp3) is 0.167. The Hall–Kier alpha value is -1.97. The van der Waals surface area contributed by atoms with Gasteiger partial charge in [0.05, 0.1) is 6.42 Å². The van der Waals surface area contributed by atoms with Crippen molar-refractivity contribution in [2.24, 2.45) is 0 Å². The summed E-state index contributed by atoms with van der Waals surface area (Å²) < 4.78 is 13.2. The molecule has 4 heteroatoms. The summed E-state index contributed by atoms with van der Waals surface area (Å²) in [5.74, 6) is -1.03. The zero-order valence-corrected chi connectivity index (χ0v) is 8.71. The molecule has 1 saturated heterocycles. The highest BCUT2D eigenvalue weighted by Gasteiger charge is 2.23. The Morgan fingerprint density at radius 2 is 2.12 bits per heavy atom. The van der Waals surface area contributed by atoms with Gasteiger partial charge in [0.15, 0.2) is 0 Å². The molecule has 0 bridgehead atoms. The van der Waals surface area contributed by atoms with E-state index in [1.807, 2.05) is 0 Å². The van der Waals surface area contributed by atoms with Crippen molar-refractivity contribution in [2.45, 2.75) is 13.3 Å². The molecule has 0 atom stereocenters. The van der Waals surface area contributed by atoms with Crippen LogP contribution in [0.25, 0.3) is 6.08 Å². The highest BCUT2D eigenvalue weighted by molar-refractivity contribution is 6.15. The van der Waals surface area contributed by atoms with Gasteiger partial charge in [-0.15, -0.1) is 0 Å². The van der Waals surface area contributed by atoms with Crippen molar-refractivity contribution in [1.82, 2.24) is 5.32 Å². The van der Waals surface area contributed by atoms with Crippen LogP contribution in [-0.2, 0) is 9.59 Å². The van der Waals surface area contributed by atoms with Crippen LogP contribution in [0.3, 0.4) is 0 Å². The van der Waals surface area contributed by atoms with E-state index < -0.39 is 5.91 Å². The van der Waals surface area contributed by atoms with E-state index in [1.165, 1.54) is 12.1 Å². The smallest absolute Gasteiger partial charge is 0.254 e. The van der Waals surface area contributed by atoms with Gasteiger partial charge in [-0.1, -0.05) is 12.1 Å². The second-order valence-electron chi connectivity index (χ2n) is 3.73. The summed E-state index contributed by atoms with van der Waals surface area (Å²) in [6, 6.07) is 4.69. The number of carbonyl (C=O) groups excluding carboxylic acids is 2. The minimum Gasteiger partial charge on any atom is -0.292 e. The van der Waals surface area contributed by atoms with E-state index in [1.54, 1.807) is 19.1 Å². The molecular weight excluding hydrogens is 209 g/mol. The van der Waals surface area contributed by atoms with Crippen LogP contribution >= 0.6 is 0 Å². The zero-order valence-electron chi connectivity index (χ0n) is 8.71. The molecule has 0 spiro atoms. The van der Waals surface area contributed by atoms with E-state index in [0.717, 1.165) is 0 Å². The van der Waals surface area contributed by atoms with Crippen LogP contribution in [0.1, 0.15) is 17.5 Å². The molecule has 0 unspecified atom stereocenters. The van der Waals surface area contributed by atoms with Gasteiger partial charge < -0.3 is 0 Å². The van der Waals surface area contributed by atoms with Crippen LogP contribution in [0.4, 0.5) is 4.39 Å². The van der Waals surface area contributed by atoms with Gasteiger partial charge in [0.25, 0.3) is 5.91 Å². The summed E-state index contributed by atoms with van der Waals surface area (Å²) in [6.45, 7) is 1.66. The standard InChI is InChI=1S/C12H10FNO2/c1-7-2-3-8(5-10(7)13)4-9-6-11(15)14-12(9)16/h2-5H,6H2,1H3,(H,14,15,16). The van der Waals surface area contributed by atoms with Gasteiger partial charge in [-0.05, 0) is 30.2 Å². The molecule has 3 nitrogen and oxygen atoms in total. The van der Waals surface area contributed by atoms with E-state index in [9.17, 15) is 14.0 Å². The quantitative estimate of drug-likeness (QED) is 0.575. The number of aryl methyl sites for hydroxylation is 1. The van der Waals surface area contributed by atoms with Crippen molar-refractivity contribution >= 4 is 17.9 Å². The lowest BCUT2D eigenvalue weighted by Gasteiger charge is -1.98. The lowest BCUT2D eigenvalue weighted by molar-refractivity contribution is -0.124. The number of nitrogens with one attached hydrogen (secondary N) is 1. The van der Waals surface area contributed by atoms with E-state index in [4.69, 9.17) is 0 Å². The first-order valence-electron chi connectivity index (χ1n) is 4.87. The number of rotatable bonds is 1. The SMILES string of the molecule is Cc1ccc(C=C2CC(=O)NC2=O)cc1F. The maximum Gasteiger partial charge on any atom is 0.254 e. The molecule has 1 heterocycles. The van der Waals surface area contributed by atoms with Crippen LogP contribution in [0.15, 0.2) is 23.8 Å². The van der Waals surface area contributed by atoms with Crippen molar-refractivity contribution in [2.75, 3.05) is 0 Å². The van der Waals surface area contributed by atoms with Gasteiger partial charge in [-0.2, -0.15) is 0 Å². The number of benzene rings is 1. The summed E-state index contributed by atoms with van der Waals surface area (Å²) in [7, 11) is 0. The van der Waals surface area contributed by atoms with Crippen LogP contribution in [0.2, 0.25) is 0 Å². The Bertz CT molecular complexity index is 506. The van der Waals surface area contributed by atoms with Gasteiger partial charge in [0, 0.05) is 5.57 Å². The Kier molecular flexibility index (Phi) is 2.56. The van der Waals surface area contributed by atoms with Gasteiger partial charge in [0.1, 0.15) is 5.82 Å². The van der Waals surface area contributed by atoms with Crippen LogP contribution < -0.4 is 5.32 Å². The average molecular weight is 219 g/mol. The number of hydrogen-bond donors (Lipinski definition) is 1. The lowest BCUT2D eigenvalue weighted by Crippen LogP contribution is -2.19. The molecule has 2 rings (SSSR count). The third-order valence-corrected chi connectivity index (χ3v) is 2.43. The van der Waals surface area contributed by atoms with Gasteiger partial charge in [-0.25, -0.2) is 4.39 Å². The molecular formula is C12H10FNO2. The number of halogens is 1. The Morgan fingerprint density at radius 3 is 2.69 bits per heavy atom. The van der Waals surface area contributed by atoms with Crippen molar-refractivity contribution in [3.8, 4) is 0 Å². The molecule has 1 aliphatic rings. The summed E-state index contributed by atoms with van der Waals surface area (Å²) in [6.07, 6.45) is 1.59. The number of amides is 2. The Balaban J connectivity index is 2.32. The maximum atomic E-state index is 13.2. The monoisotopic (exact) mass is 219 g/mol. The fourth-order valence-corrected chi connectivity index (χ4v) is 1.52. The van der Waals surface area contributed by atoms with E-state index in [-0.39, 0.29) is 18.1 Å². The van der Waals surface area contributed by atoms with Crippen molar-refractivity contribution in [3.05, 3.63) is 40.7 Å². The molecule has 82 valence electrons. The summed E-state index contributed by atoms with van der Waals surface area (Å²) in [5, 5.41) is 2.17. The normalized spacial score (nSPS) is 18.0. The first-order chi connectivity index (χ1) is 7.56. The van der Waals surface area contributed by atoms with Crippen LogP contribution in [0, 0.1) is 12.7 Å². The molecule has 0 aromatic heterocycles. The molecule has 0 radical (unpaired) electrons. The molecule has 1 aromatic carbocycles. The molecule has 1 fully saturated rings. The number of hydrogen-bond acceptors (Lipinski definition) is 2. The number of carbonyl (C=O) groups is 2. The minimum absolute atomic E-state index is 0.0638. The summed E-state index contributed by atoms with van der Waals surface area (Å²) >= 11 is 0. The second kappa shape index (κ2) is 3.89. The minimum atomic E-state index is -0.397. The highest BCUT2D eigenvalue weighted by Crippen LogP contribution is 2.16. The Labute approximate surface area is 92.0 Å². The first-order valence-corrected chi connectivity index (χ1v) is 4.87. The lowest BCUT2D eigenvalue weighted by atomic mass is 10.1. The first kappa shape index (κ1) is 10.5. The van der Waals surface area contributed by atoms with Crippen molar-refractivity contribution in [1.29, 1.82) is 0 Å². The third kappa shape index (κ3) is 2.00. The summed E-state index contributed by atoms with van der Waals surface area (Å²) in [5.41, 5.74) is 1.50. The molecule has 0 saturated carbocycles. The van der Waals surface area contributed by atoms with Gasteiger partial charge in [0.2, 0.25) is 5.91 Å². The zero-order chi connectivity index (χ0) is 11.7. The Morgan fingerprint density at radius 1 is 1.38 bits per heavy atom. The second-order valence-corrected chi connectivity index (χ2v) is 3.73. The van der Waals surface area contributed by atoms with Crippen LogP contribution in [-0.4, -0.2) is 11.8 Å². The largest absolute Gasteiger partial charge is 0.292 e. The molecule has 1 aromatic rings. The van der Waals surface area contributed by atoms with Crippen LogP contribution in [0.5, 0.6) is 0 Å². The predicted octanol–water partition coefficient (Wildman–Crippen LogP) is 1.56. The topological polar surface area (TPSA) is 46.2 Å². The van der Waals surface area contributed by atoms with Crippen molar-refractivity contribution < 1.29 is 14.0 Å². The summed E-state index contributed by atoms with van der Waals surface area (Å²) in [4.78, 5) is 22.2. The molecule has 0 aliphatic carbocycles. The maximum absolute atomic E-state index is 13.2. The average Bonchev–Trinajstić information content (AvgIpc) is 2.51. The van der Waals surface area contributed by atoms with Crippen molar-refractivity contribution in [3.63, 3.8) is 0 Å². The van der Waals surface area contributed by atoms with E-state index in [2.05, 4.69) is 5.32 Å². The molecule has 1 aliphatic heterocycles. The molecule has 16 heavy (non-hydrogen) atoms. The van der Waals surface area contributed by atoms with E-state index >= 15 is 0 Å². The van der Waals surface area contributed by atoms with E-state index in [0.29, 0.717) is 16.7 Å². The fourth-order valence-electron chi connectivity index (χ4n) is 1.52. The number of imide groups is 1. The van der Waals surface area contributed by atoms with Gasteiger partial charge >= 0.3 is 0 Å². The molecule has 2 amide bonds. The molecule has 1 N–H and O–H groups in total. The third-order valence-electron chi connectivity index (χ3n) is 2.43. The van der Waals surface area contributed by atoms with Gasteiger partial charge in [-0.3, -0.25) is 14.9 Å². The predicted molar refractivity (Wildman–Crippen MR) is 56.9 cm³/mol. The highest BCUT2D eigenvalue weighted by atomic mass is 19.1.